The maximum absolute atomic E-state index is 9.10. The Labute approximate surface area is 116 Å². The van der Waals surface area contributed by atoms with Gasteiger partial charge in [-0.25, -0.2) is 0 Å². The molecule has 1 aliphatic heterocycles. The normalized spacial score (nSPS) is 24.8. The van der Waals surface area contributed by atoms with Crippen molar-refractivity contribution >= 4 is 5.69 Å². The molecule has 0 bridgehead atoms. The standard InChI is InChI=1S/C16H23N3/c1-13-10-18(3)12-15(8-9-17)19(11-13)16-7-5-4-6-14(16)2/h4-7,13,15H,8,10-12H2,1-3H3. The van der Waals surface area contributed by atoms with Crippen LogP contribution in [0.2, 0.25) is 0 Å². The molecule has 2 atom stereocenters. The number of hydrogen-bond donors (Lipinski definition) is 0. The minimum Gasteiger partial charge on any atom is -0.366 e. The van der Waals surface area contributed by atoms with E-state index in [1.165, 1.54) is 11.3 Å². The molecule has 0 amide bonds. The highest BCUT2D eigenvalue weighted by atomic mass is 15.2. The van der Waals surface area contributed by atoms with E-state index in [-0.39, 0.29) is 0 Å². The number of aryl methyl sites for hydroxylation is 1. The highest BCUT2D eigenvalue weighted by Gasteiger charge is 2.27. The third-order valence-electron chi connectivity index (χ3n) is 3.85. The fraction of sp³-hybridized carbons (Fsp3) is 0.562. The molecule has 1 fully saturated rings. The van der Waals surface area contributed by atoms with Gasteiger partial charge in [0, 0.05) is 25.3 Å². The van der Waals surface area contributed by atoms with Crippen LogP contribution < -0.4 is 4.90 Å². The summed E-state index contributed by atoms with van der Waals surface area (Å²) in [6.45, 7) is 7.53. The second-order valence-electron chi connectivity index (χ2n) is 5.78. The maximum Gasteiger partial charge on any atom is 0.0643 e. The lowest BCUT2D eigenvalue weighted by molar-refractivity contribution is 0.304. The van der Waals surface area contributed by atoms with E-state index in [1.54, 1.807) is 0 Å². The average molecular weight is 257 g/mol. The van der Waals surface area contributed by atoms with Gasteiger partial charge >= 0.3 is 0 Å². The number of anilines is 1. The first-order chi connectivity index (χ1) is 9.11. The van der Waals surface area contributed by atoms with Crippen LogP contribution in [0.4, 0.5) is 5.69 Å². The molecular weight excluding hydrogens is 234 g/mol. The van der Waals surface area contributed by atoms with Crippen molar-refractivity contribution in [3.05, 3.63) is 29.8 Å². The van der Waals surface area contributed by atoms with Crippen LogP contribution in [0.5, 0.6) is 0 Å². The quantitative estimate of drug-likeness (QED) is 0.816. The Bertz CT molecular complexity index is 463. The number of rotatable bonds is 2. The molecule has 0 aliphatic carbocycles. The van der Waals surface area contributed by atoms with Crippen molar-refractivity contribution in [2.24, 2.45) is 5.92 Å². The lowest BCUT2D eigenvalue weighted by Crippen LogP contribution is -2.40. The lowest BCUT2D eigenvalue weighted by atomic mass is 10.1. The molecule has 0 aromatic heterocycles. The fourth-order valence-corrected chi connectivity index (χ4v) is 3.07. The van der Waals surface area contributed by atoms with Crippen LogP contribution in [0.15, 0.2) is 24.3 Å². The van der Waals surface area contributed by atoms with Gasteiger partial charge in [-0.1, -0.05) is 25.1 Å². The molecule has 1 saturated heterocycles. The van der Waals surface area contributed by atoms with E-state index in [9.17, 15) is 0 Å². The molecule has 0 radical (unpaired) electrons. The van der Waals surface area contributed by atoms with Crippen molar-refractivity contribution in [1.82, 2.24) is 4.90 Å². The summed E-state index contributed by atoms with van der Waals surface area (Å²) in [5.74, 6) is 0.619. The van der Waals surface area contributed by atoms with Crippen LogP contribution in [0.3, 0.4) is 0 Å². The average Bonchev–Trinajstić information content (AvgIpc) is 2.49. The molecule has 19 heavy (non-hydrogen) atoms. The molecule has 0 saturated carbocycles. The molecule has 0 N–H and O–H groups in total. The molecule has 1 aromatic carbocycles. The van der Waals surface area contributed by atoms with Crippen LogP contribution in [-0.2, 0) is 0 Å². The number of nitrogens with zero attached hydrogens (tertiary/aromatic N) is 3. The lowest BCUT2D eigenvalue weighted by Gasteiger charge is -2.33. The largest absolute Gasteiger partial charge is 0.366 e. The Morgan fingerprint density at radius 1 is 1.26 bits per heavy atom. The summed E-state index contributed by atoms with van der Waals surface area (Å²) in [6, 6.07) is 11.1. The Kier molecular flexibility index (Phi) is 4.44. The van der Waals surface area contributed by atoms with Gasteiger partial charge in [0.1, 0.15) is 0 Å². The van der Waals surface area contributed by atoms with Gasteiger partial charge in [0.2, 0.25) is 0 Å². The maximum atomic E-state index is 9.10. The van der Waals surface area contributed by atoms with E-state index in [4.69, 9.17) is 5.26 Å². The first kappa shape index (κ1) is 13.9. The Balaban J connectivity index is 2.32. The Morgan fingerprint density at radius 3 is 2.68 bits per heavy atom. The minimum absolute atomic E-state index is 0.293. The number of hydrogen-bond acceptors (Lipinski definition) is 3. The molecule has 0 spiro atoms. The highest BCUT2D eigenvalue weighted by Crippen LogP contribution is 2.26. The fourth-order valence-electron chi connectivity index (χ4n) is 3.07. The van der Waals surface area contributed by atoms with Gasteiger partial charge in [-0.15, -0.1) is 0 Å². The monoisotopic (exact) mass is 257 g/mol. The van der Waals surface area contributed by atoms with Gasteiger partial charge < -0.3 is 9.80 Å². The Morgan fingerprint density at radius 2 is 2.00 bits per heavy atom. The van der Waals surface area contributed by atoms with Crippen molar-refractivity contribution in [2.45, 2.75) is 26.3 Å². The molecule has 3 nitrogen and oxygen atoms in total. The van der Waals surface area contributed by atoms with Crippen molar-refractivity contribution in [2.75, 3.05) is 31.6 Å². The zero-order chi connectivity index (χ0) is 13.8. The summed E-state index contributed by atoms with van der Waals surface area (Å²) >= 11 is 0. The van der Waals surface area contributed by atoms with Gasteiger partial charge in [-0.3, -0.25) is 0 Å². The summed E-state index contributed by atoms with van der Waals surface area (Å²) in [7, 11) is 2.15. The van der Waals surface area contributed by atoms with Gasteiger partial charge in [-0.2, -0.15) is 5.26 Å². The summed E-state index contributed by atoms with van der Waals surface area (Å²) in [6.07, 6.45) is 0.589. The third-order valence-corrected chi connectivity index (χ3v) is 3.85. The van der Waals surface area contributed by atoms with Crippen LogP contribution in [0.25, 0.3) is 0 Å². The second kappa shape index (κ2) is 6.08. The van der Waals surface area contributed by atoms with Crippen LogP contribution in [-0.4, -0.2) is 37.6 Å². The van der Waals surface area contributed by atoms with E-state index >= 15 is 0 Å². The van der Waals surface area contributed by atoms with E-state index in [1.807, 2.05) is 0 Å². The van der Waals surface area contributed by atoms with E-state index in [2.05, 4.69) is 61.0 Å². The van der Waals surface area contributed by atoms with Gasteiger partial charge in [0.15, 0.2) is 0 Å². The minimum atomic E-state index is 0.293. The Hall–Kier alpha value is -1.53. The van der Waals surface area contributed by atoms with Crippen LogP contribution in [0.1, 0.15) is 18.9 Å². The highest BCUT2D eigenvalue weighted by molar-refractivity contribution is 5.54. The topological polar surface area (TPSA) is 30.3 Å². The molecule has 3 heteroatoms. The first-order valence-corrected chi connectivity index (χ1v) is 6.99. The number of likely N-dealkylation sites (N-methyl/N-ethyl adjacent to an activating group) is 1. The smallest absolute Gasteiger partial charge is 0.0643 e. The van der Waals surface area contributed by atoms with Gasteiger partial charge in [-0.05, 0) is 31.5 Å². The zero-order valence-corrected chi connectivity index (χ0v) is 12.1. The zero-order valence-electron chi connectivity index (χ0n) is 12.1. The number of para-hydroxylation sites is 1. The molecule has 1 aliphatic rings. The molecule has 2 rings (SSSR count). The summed E-state index contributed by atoms with van der Waals surface area (Å²) in [5, 5.41) is 9.10. The van der Waals surface area contributed by atoms with E-state index in [0.717, 1.165) is 19.6 Å². The van der Waals surface area contributed by atoms with Crippen LogP contribution >= 0.6 is 0 Å². The number of benzene rings is 1. The molecular formula is C16H23N3. The summed E-state index contributed by atoms with van der Waals surface area (Å²) < 4.78 is 0. The summed E-state index contributed by atoms with van der Waals surface area (Å²) in [5.41, 5.74) is 2.58. The molecule has 1 heterocycles. The summed E-state index contributed by atoms with van der Waals surface area (Å²) in [4.78, 5) is 4.79. The third kappa shape index (κ3) is 3.27. The molecule has 102 valence electrons. The van der Waals surface area contributed by atoms with Crippen molar-refractivity contribution in [3.63, 3.8) is 0 Å². The van der Waals surface area contributed by atoms with Gasteiger partial charge in [0.25, 0.3) is 0 Å². The van der Waals surface area contributed by atoms with Crippen molar-refractivity contribution in [1.29, 1.82) is 5.26 Å². The first-order valence-electron chi connectivity index (χ1n) is 6.99. The van der Waals surface area contributed by atoms with Gasteiger partial charge in [0.05, 0.1) is 18.5 Å². The second-order valence-corrected chi connectivity index (χ2v) is 5.78. The van der Waals surface area contributed by atoms with Crippen molar-refractivity contribution in [3.8, 4) is 6.07 Å². The van der Waals surface area contributed by atoms with E-state index < -0.39 is 0 Å². The van der Waals surface area contributed by atoms with Crippen LogP contribution in [0, 0.1) is 24.2 Å². The molecule has 1 aromatic rings. The predicted molar refractivity (Wildman–Crippen MR) is 79.2 cm³/mol. The predicted octanol–water partition coefficient (Wildman–Crippen LogP) is 2.67. The van der Waals surface area contributed by atoms with E-state index in [0.29, 0.717) is 18.4 Å². The SMILES string of the molecule is Cc1ccccc1N1CC(C)CN(C)CC1CC#N. The number of nitriles is 1. The molecule has 2 unspecified atom stereocenters. The van der Waals surface area contributed by atoms with Crippen molar-refractivity contribution < 1.29 is 0 Å².